The molecule has 9 nitrogen and oxygen atoms in total. The first-order chi connectivity index (χ1) is 20.9. The second kappa shape index (κ2) is 15.7. The lowest BCUT2D eigenvalue weighted by atomic mass is 9.97. The van der Waals surface area contributed by atoms with Gasteiger partial charge in [-0.1, -0.05) is 72.8 Å². The van der Waals surface area contributed by atoms with E-state index in [1.807, 2.05) is 48.5 Å². The number of aliphatic hydroxyl groups excluding tert-OH is 1. The quantitative estimate of drug-likeness (QED) is 0.148. The summed E-state index contributed by atoms with van der Waals surface area (Å²) in [5.41, 5.74) is 11.3. The number of ketones is 1. The highest BCUT2D eigenvalue weighted by Gasteiger charge is 2.30. The van der Waals surface area contributed by atoms with Gasteiger partial charge in [0.25, 0.3) is 0 Å². The average molecular weight is 586 g/mol. The predicted octanol–water partition coefficient (Wildman–Crippen LogP) is 4.00. The number of fused-ring (bicyclic) bond motifs is 3. The maximum Gasteiger partial charge on any atom is 0.312 e. The number of esters is 1. The molecule has 1 atom stereocenters. The molecule has 0 spiro atoms. The van der Waals surface area contributed by atoms with Crippen LogP contribution in [0.1, 0.15) is 60.3 Å². The molecule has 0 unspecified atom stereocenters. The van der Waals surface area contributed by atoms with E-state index in [4.69, 9.17) is 15.6 Å². The van der Waals surface area contributed by atoms with Gasteiger partial charge in [0.1, 0.15) is 12.4 Å². The summed E-state index contributed by atoms with van der Waals surface area (Å²) in [4.78, 5) is 49.4. The zero-order valence-corrected chi connectivity index (χ0v) is 24.2. The number of primary amides is 1. The lowest BCUT2D eigenvalue weighted by Gasteiger charge is -2.18. The van der Waals surface area contributed by atoms with Gasteiger partial charge in [0.2, 0.25) is 5.91 Å². The summed E-state index contributed by atoms with van der Waals surface area (Å²) < 4.78 is 5.73. The molecule has 0 fully saturated rings. The summed E-state index contributed by atoms with van der Waals surface area (Å²) in [5.74, 6) is -1.43. The van der Waals surface area contributed by atoms with Gasteiger partial charge in [0.05, 0.1) is 13.0 Å². The number of amides is 3. The van der Waals surface area contributed by atoms with E-state index in [9.17, 15) is 19.2 Å². The summed E-state index contributed by atoms with van der Waals surface area (Å²) in [6.45, 7) is 0.722. The SMILES string of the molecule is NC(=O)NCCC[C@H](CC(=O)OCC1c2ccccc2-c2ccccc21)C(=O)NCCCC(=O)Cc1ccc(CO)cc1. The number of carbonyl (C=O) groups is 4. The summed E-state index contributed by atoms with van der Waals surface area (Å²) in [6.07, 6.45) is 1.80. The number of nitrogens with two attached hydrogens (primary N) is 1. The topological polar surface area (TPSA) is 148 Å². The molecule has 3 amide bonds. The van der Waals surface area contributed by atoms with Gasteiger partial charge in [-0.15, -0.1) is 0 Å². The van der Waals surface area contributed by atoms with Gasteiger partial charge in [-0.2, -0.15) is 0 Å². The van der Waals surface area contributed by atoms with Crippen LogP contribution >= 0.6 is 0 Å². The summed E-state index contributed by atoms with van der Waals surface area (Å²) in [7, 11) is 0. The third kappa shape index (κ3) is 8.99. The Labute approximate surface area is 251 Å². The van der Waals surface area contributed by atoms with Crippen molar-refractivity contribution in [2.45, 2.75) is 51.0 Å². The number of rotatable bonds is 16. The maximum absolute atomic E-state index is 13.1. The predicted molar refractivity (Wildman–Crippen MR) is 163 cm³/mol. The van der Waals surface area contributed by atoms with E-state index in [2.05, 4.69) is 22.8 Å². The van der Waals surface area contributed by atoms with Gasteiger partial charge in [-0.05, 0) is 52.6 Å². The van der Waals surface area contributed by atoms with Crippen molar-refractivity contribution in [1.29, 1.82) is 0 Å². The maximum atomic E-state index is 13.1. The largest absolute Gasteiger partial charge is 0.465 e. The first kappa shape index (κ1) is 31.4. The van der Waals surface area contributed by atoms with Crippen LogP contribution in [0, 0.1) is 5.92 Å². The van der Waals surface area contributed by atoms with Crippen molar-refractivity contribution in [3.63, 3.8) is 0 Å². The van der Waals surface area contributed by atoms with Crippen molar-refractivity contribution in [2.24, 2.45) is 11.7 Å². The molecule has 226 valence electrons. The molecule has 1 aliphatic rings. The van der Waals surface area contributed by atoms with Gasteiger partial charge in [0, 0.05) is 37.8 Å². The molecule has 0 saturated heterocycles. The Hall–Kier alpha value is -4.50. The molecular formula is C34H39N3O6. The number of hydrogen-bond acceptors (Lipinski definition) is 6. The Balaban J connectivity index is 1.27. The van der Waals surface area contributed by atoms with Gasteiger partial charge >= 0.3 is 12.0 Å². The molecule has 0 aromatic heterocycles. The summed E-state index contributed by atoms with van der Waals surface area (Å²) >= 11 is 0. The minimum absolute atomic E-state index is 0.0438. The van der Waals surface area contributed by atoms with E-state index in [1.165, 1.54) is 0 Å². The Kier molecular flexibility index (Phi) is 11.4. The van der Waals surface area contributed by atoms with E-state index in [1.54, 1.807) is 12.1 Å². The molecule has 0 radical (unpaired) electrons. The Bertz CT molecular complexity index is 1380. The number of urea groups is 1. The van der Waals surface area contributed by atoms with Crippen LogP contribution in [0.4, 0.5) is 4.79 Å². The lowest BCUT2D eigenvalue weighted by Crippen LogP contribution is -2.35. The Morgan fingerprint density at radius 2 is 1.42 bits per heavy atom. The second-order valence-electron chi connectivity index (χ2n) is 10.8. The normalized spacial score (nSPS) is 12.6. The van der Waals surface area contributed by atoms with E-state index in [0.29, 0.717) is 32.2 Å². The van der Waals surface area contributed by atoms with E-state index in [0.717, 1.165) is 33.4 Å². The molecule has 0 saturated carbocycles. The van der Waals surface area contributed by atoms with Crippen LogP contribution in [-0.2, 0) is 32.1 Å². The highest BCUT2D eigenvalue weighted by Crippen LogP contribution is 2.44. The van der Waals surface area contributed by atoms with Gasteiger partial charge in [-0.25, -0.2) is 4.79 Å². The van der Waals surface area contributed by atoms with Crippen molar-refractivity contribution in [1.82, 2.24) is 10.6 Å². The fourth-order valence-corrected chi connectivity index (χ4v) is 5.48. The molecule has 0 aliphatic heterocycles. The van der Waals surface area contributed by atoms with E-state index in [-0.39, 0.29) is 50.2 Å². The molecule has 4 rings (SSSR count). The standard InChI is InChI=1S/C34H39N3O6/c35-34(42)37-18-5-7-25(33(41)36-17-6-8-26(39)19-23-13-15-24(21-38)16-14-23)20-32(40)43-22-31-29-11-3-1-9-27(29)28-10-2-4-12-30(28)31/h1-4,9-16,25,31,38H,5-8,17-22H2,(H,36,41)(H3,35,37,42)/t25-/m1/s1. The first-order valence-electron chi connectivity index (χ1n) is 14.7. The molecule has 9 heteroatoms. The van der Waals surface area contributed by atoms with Gasteiger partial charge < -0.3 is 26.2 Å². The van der Waals surface area contributed by atoms with Crippen LogP contribution in [0.15, 0.2) is 72.8 Å². The summed E-state index contributed by atoms with van der Waals surface area (Å²) in [6, 6.07) is 22.8. The number of nitrogens with one attached hydrogen (secondary N) is 2. The third-order valence-electron chi connectivity index (χ3n) is 7.72. The number of ether oxygens (including phenoxy) is 1. The smallest absolute Gasteiger partial charge is 0.312 e. The van der Waals surface area contributed by atoms with Crippen LogP contribution in [0.5, 0.6) is 0 Å². The molecule has 43 heavy (non-hydrogen) atoms. The molecule has 3 aromatic carbocycles. The second-order valence-corrected chi connectivity index (χ2v) is 10.8. The van der Waals surface area contributed by atoms with E-state index < -0.39 is 17.9 Å². The Morgan fingerprint density at radius 1 is 0.814 bits per heavy atom. The monoisotopic (exact) mass is 585 g/mol. The average Bonchev–Trinajstić information content (AvgIpc) is 3.33. The molecular weight excluding hydrogens is 546 g/mol. The molecule has 0 bridgehead atoms. The minimum Gasteiger partial charge on any atom is -0.465 e. The van der Waals surface area contributed by atoms with Crippen LogP contribution in [-0.4, -0.2) is 48.5 Å². The van der Waals surface area contributed by atoms with Crippen molar-refractivity contribution in [3.8, 4) is 11.1 Å². The minimum atomic E-state index is -0.647. The van der Waals surface area contributed by atoms with Crippen molar-refractivity contribution in [3.05, 3.63) is 95.1 Å². The number of Topliss-reactive ketones (excluding diaryl/α,β-unsaturated/α-hetero) is 1. The van der Waals surface area contributed by atoms with Crippen LogP contribution in [0.2, 0.25) is 0 Å². The first-order valence-corrected chi connectivity index (χ1v) is 14.7. The zero-order chi connectivity index (χ0) is 30.6. The summed E-state index contributed by atoms with van der Waals surface area (Å²) in [5, 5.41) is 14.5. The fourth-order valence-electron chi connectivity index (χ4n) is 5.48. The molecule has 0 heterocycles. The van der Waals surface area contributed by atoms with Crippen LogP contribution in [0.3, 0.4) is 0 Å². The highest BCUT2D eigenvalue weighted by atomic mass is 16.5. The lowest BCUT2D eigenvalue weighted by molar-refractivity contribution is -0.147. The zero-order valence-electron chi connectivity index (χ0n) is 24.2. The van der Waals surface area contributed by atoms with Crippen molar-refractivity contribution in [2.75, 3.05) is 19.7 Å². The third-order valence-corrected chi connectivity index (χ3v) is 7.72. The molecule has 1 aliphatic carbocycles. The highest BCUT2D eigenvalue weighted by molar-refractivity contribution is 5.84. The number of carbonyl (C=O) groups excluding carboxylic acids is 4. The molecule has 5 N–H and O–H groups in total. The van der Waals surface area contributed by atoms with Gasteiger partial charge in [0.15, 0.2) is 0 Å². The van der Waals surface area contributed by atoms with Crippen LogP contribution < -0.4 is 16.4 Å². The molecule has 3 aromatic rings. The van der Waals surface area contributed by atoms with E-state index >= 15 is 0 Å². The number of benzene rings is 3. The van der Waals surface area contributed by atoms with Crippen molar-refractivity contribution >= 4 is 23.7 Å². The number of aliphatic hydroxyl groups is 1. The Morgan fingerprint density at radius 3 is 2.05 bits per heavy atom. The number of hydrogen-bond donors (Lipinski definition) is 4. The fraction of sp³-hybridized carbons (Fsp3) is 0.353. The van der Waals surface area contributed by atoms with Crippen LogP contribution in [0.25, 0.3) is 11.1 Å². The van der Waals surface area contributed by atoms with Crippen molar-refractivity contribution < 1.29 is 29.0 Å². The van der Waals surface area contributed by atoms with Gasteiger partial charge in [-0.3, -0.25) is 14.4 Å².